The molecule has 0 unspecified atom stereocenters. The Balaban J connectivity index is 3.30. The molecule has 0 aliphatic heterocycles. The van der Waals surface area contributed by atoms with Gasteiger partial charge in [0, 0.05) is 0 Å². The van der Waals surface area contributed by atoms with Crippen LogP contribution in [0.2, 0.25) is 0 Å². The largest absolute Gasteiger partial charge is 0.496 e. The Morgan fingerprint density at radius 3 is 2.14 bits per heavy atom. The summed E-state index contributed by atoms with van der Waals surface area (Å²) in [7, 11) is 1.36. The van der Waals surface area contributed by atoms with Gasteiger partial charge in [-0.2, -0.15) is 13.2 Å². The smallest absolute Gasteiger partial charge is 0.416 e. The van der Waals surface area contributed by atoms with Crippen LogP contribution in [0.5, 0.6) is 5.75 Å². The Morgan fingerprint density at radius 1 is 1.14 bits per heavy atom. The van der Waals surface area contributed by atoms with Gasteiger partial charge in [0.25, 0.3) is 0 Å². The second-order valence-corrected chi connectivity index (χ2v) is 3.12. The highest BCUT2D eigenvalue weighted by molar-refractivity contribution is 5.43. The number of alkyl halides is 3. The van der Waals surface area contributed by atoms with Gasteiger partial charge < -0.3 is 4.74 Å². The number of benzene rings is 1. The lowest BCUT2D eigenvalue weighted by molar-refractivity contribution is -0.137. The van der Waals surface area contributed by atoms with Gasteiger partial charge in [-0.05, 0) is 37.1 Å². The monoisotopic (exact) mass is 204 g/mol. The molecular weight excluding hydrogens is 193 g/mol. The molecule has 1 nitrogen and oxygen atoms in total. The molecule has 1 rings (SSSR count). The van der Waals surface area contributed by atoms with Crippen LogP contribution >= 0.6 is 0 Å². The summed E-state index contributed by atoms with van der Waals surface area (Å²) in [6.45, 7) is 3.36. The van der Waals surface area contributed by atoms with Gasteiger partial charge in [0.1, 0.15) is 5.75 Å². The molecule has 0 heterocycles. The third kappa shape index (κ3) is 2.00. The fraction of sp³-hybridized carbons (Fsp3) is 0.400. The van der Waals surface area contributed by atoms with E-state index in [1.165, 1.54) is 7.11 Å². The van der Waals surface area contributed by atoms with E-state index in [1.54, 1.807) is 13.8 Å². The van der Waals surface area contributed by atoms with Crippen molar-refractivity contribution >= 4 is 0 Å². The van der Waals surface area contributed by atoms with Crippen LogP contribution in [-0.2, 0) is 6.18 Å². The molecule has 0 saturated heterocycles. The fourth-order valence-corrected chi connectivity index (χ4v) is 1.20. The van der Waals surface area contributed by atoms with Crippen LogP contribution in [0.3, 0.4) is 0 Å². The van der Waals surface area contributed by atoms with E-state index in [9.17, 15) is 13.2 Å². The summed E-state index contributed by atoms with van der Waals surface area (Å²) in [6, 6.07) is 2.14. The molecule has 4 heteroatoms. The molecule has 14 heavy (non-hydrogen) atoms. The molecule has 0 atom stereocenters. The molecule has 0 radical (unpaired) electrons. The molecule has 78 valence electrons. The number of hydrogen-bond donors (Lipinski definition) is 0. The van der Waals surface area contributed by atoms with E-state index < -0.39 is 11.7 Å². The molecule has 0 amide bonds. The predicted molar refractivity (Wildman–Crippen MR) is 47.5 cm³/mol. The van der Waals surface area contributed by atoms with Gasteiger partial charge in [0.05, 0.1) is 12.7 Å². The second kappa shape index (κ2) is 3.52. The summed E-state index contributed by atoms with van der Waals surface area (Å²) in [5.41, 5.74) is 0.648. The highest BCUT2D eigenvalue weighted by atomic mass is 19.4. The van der Waals surface area contributed by atoms with Crippen molar-refractivity contribution in [3.05, 3.63) is 28.8 Å². The minimum Gasteiger partial charge on any atom is -0.496 e. The zero-order valence-electron chi connectivity index (χ0n) is 8.20. The van der Waals surface area contributed by atoms with E-state index in [0.717, 1.165) is 17.7 Å². The summed E-state index contributed by atoms with van der Waals surface area (Å²) < 4.78 is 41.9. The van der Waals surface area contributed by atoms with Crippen molar-refractivity contribution in [2.45, 2.75) is 20.0 Å². The van der Waals surface area contributed by atoms with Crippen molar-refractivity contribution in [1.29, 1.82) is 0 Å². The molecule has 0 bridgehead atoms. The summed E-state index contributed by atoms with van der Waals surface area (Å²) in [4.78, 5) is 0. The maximum atomic E-state index is 12.4. The van der Waals surface area contributed by atoms with Crippen LogP contribution in [0.15, 0.2) is 12.1 Å². The third-order valence-electron chi connectivity index (χ3n) is 2.17. The van der Waals surface area contributed by atoms with Gasteiger partial charge in [-0.25, -0.2) is 0 Å². The summed E-state index contributed by atoms with van der Waals surface area (Å²) in [5.74, 6) is 0.275. The van der Waals surface area contributed by atoms with Crippen LogP contribution in [-0.4, -0.2) is 7.11 Å². The van der Waals surface area contributed by atoms with Gasteiger partial charge in [-0.3, -0.25) is 0 Å². The van der Waals surface area contributed by atoms with Crippen molar-refractivity contribution in [3.63, 3.8) is 0 Å². The summed E-state index contributed by atoms with van der Waals surface area (Å²) >= 11 is 0. The molecule has 0 saturated carbocycles. The Kier molecular flexibility index (Phi) is 2.73. The Labute approximate surface area is 80.5 Å². The highest BCUT2D eigenvalue weighted by Crippen LogP contribution is 2.34. The number of aryl methyl sites for hydroxylation is 1. The molecule has 1 aromatic rings. The van der Waals surface area contributed by atoms with Gasteiger partial charge in [-0.1, -0.05) is 0 Å². The summed E-state index contributed by atoms with van der Waals surface area (Å²) in [6.07, 6.45) is -4.31. The standard InChI is InChI=1S/C10H11F3O/c1-6-4-8(10(11,12)13)5-9(14-3)7(6)2/h4-5H,1-3H3. The normalized spacial score (nSPS) is 11.6. The Morgan fingerprint density at radius 2 is 1.71 bits per heavy atom. The fourth-order valence-electron chi connectivity index (χ4n) is 1.20. The topological polar surface area (TPSA) is 9.23 Å². The van der Waals surface area contributed by atoms with Gasteiger partial charge in [0.15, 0.2) is 0 Å². The Bertz CT molecular complexity index is 342. The van der Waals surface area contributed by atoms with Gasteiger partial charge in [0.2, 0.25) is 0 Å². The van der Waals surface area contributed by atoms with Crippen LogP contribution in [0.1, 0.15) is 16.7 Å². The first-order chi connectivity index (χ1) is 6.36. The van der Waals surface area contributed by atoms with Crippen LogP contribution < -0.4 is 4.74 Å². The van der Waals surface area contributed by atoms with Crippen molar-refractivity contribution in [1.82, 2.24) is 0 Å². The maximum absolute atomic E-state index is 12.4. The lowest BCUT2D eigenvalue weighted by Gasteiger charge is -2.12. The number of ether oxygens (including phenoxy) is 1. The molecular formula is C10H11F3O. The zero-order chi connectivity index (χ0) is 10.9. The van der Waals surface area contributed by atoms with Crippen LogP contribution in [0.25, 0.3) is 0 Å². The molecule has 0 aliphatic rings. The van der Waals surface area contributed by atoms with Crippen molar-refractivity contribution in [2.24, 2.45) is 0 Å². The first kappa shape index (κ1) is 10.9. The van der Waals surface area contributed by atoms with E-state index in [-0.39, 0.29) is 5.75 Å². The quantitative estimate of drug-likeness (QED) is 0.681. The second-order valence-electron chi connectivity index (χ2n) is 3.12. The highest BCUT2D eigenvalue weighted by Gasteiger charge is 2.31. The number of methoxy groups -OCH3 is 1. The predicted octanol–water partition coefficient (Wildman–Crippen LogP) is 3.33. The maximum Gasteiger partial charge on any atom is 0.416 e. The molecule has 1 aromatic carbocycles. The average Bonchev–Trinajstić information content (AvgIpc) is 2.07. The molecule has 0 fully saturated rings. The zero-order valence-corrected chi connectivity index (χ0v) is 8.20. The first-order valence-electron chi connectivity index (χ1n) is 4.08. The lowest BCUT2D eigenvalue weighted by atomic mass is 10.0. The van der Waals surface area contributed by atoms with Crippen molar-refractivity contribution in [3.8, 4) is 5.75 Å². The summed E-state index contributed by atoms with van der Waals surface area (Å²) in [5, 5.41) is 0. The van der Waals surface area contributed by atoms with Crippen molar-refractivity contribution in [2.75, 3.05) is 7.11 Å². The van der Waals surface area contributed by atoms with E-state index in [2.05, 4.69) is 0 Å². The van der Waals surface area contributed by atoms with Crippen LogP contribution in [0.4, 0.5) is 13.2 Å². The van der Waals surface area contributed by atoms with E-state index in [0.29, 0.717) is 5.56 Å². The van der Waals surface area contributed by atoms with Gasteiger partial charge >= 0.3 is 6.18 Å². The molecule has 0 aliphatic carbocycles. The molecule has 0 spiro atoms. The van der Waals surface area contributed by atoms with Gasteiger partial charge in [-0.15, -0.1) is 0 Å². The van der Waals surface area contributed by atoms with E-state index in [4.69, 9.17) is 4.74 Å². The number of halogens is 3. The van der Waals surface area contributed by atoms with Crippen LogP contribution in [0, 0.1) is 13.8 Å². The minimum absolute atomic E-state index is 0.275. The SMILES string of the molecule is COc1cc(C(F)(F)F)cc(C)c1C. The lowest BCUT2D eigenvalue weighted by Crippen LogP contribution is -2.06. The van der Waals surface area contributed by atoms with E-state index >= 15 is 0 Å². The Hall–Kier alpha value is -1.19. The number of hydrogen-bond acceptors (Lipinski definition) is 1. The van der Waals surface area contributed by atoms with E-state index in [1.807, 2.05) is 0 Å². The first-order valence-corrected chi connectivity index (χ1v) is 4.08. The average molecular weight is 204 g/mol. The minimum atomic E-state index is -4.31. The molecule has 0 aromatic heterocycles. The van der Waals surface area contributed by atoms with Crippen molar-refractivity contribution < 1.29 is 17.9 Å². The third-order valence-corrected chi connectivity index (χ3v) is 2.17. The molecule has 0 N–H and O–H groups in total. The number of rotatable bonds is 1.